The highest BCUT2D eigenvalue weighted by molar-refractivity contribution is 5.97. The van der Waals surface area contributed by atoms with Crippen LogP contribution in [-0.4, -0.2) is 16.9 Å². The van der Waals surface area contributed by atoms with Crippen LogP contribution >= 0.6 is 0 Å². The molecule has 2 N–H and O–H groups in total. The molecule has 62 valence electrons. The van der Waals surface area contributed by atoms with E-state index < -0.39 is 0 Å². The predicted molar refractivity (Wildman–Crippen MR) is 48.0 cm³/mol. The number of hydrogen-bond donors (Lipinski definition) is 1. The van der Waals surface area contributed by atoms with Gasteiger partial charge in [0, 0.05) is 18.0 Å². The van der Waals surface area contributed by atoms with Crippen molar-refractivity contribution in [3.05, 3.63) is 30.1 Å². The number of nitrogens with two attached hydrogens (primary N) is 1. The van der Waals surface area contributed by atoms with Crippen LogP contribution in [0.5, 0.6) is 0 Å². The highest BCUT2D eigenvalue weighted by Crippen LogP contribution is 2.23. The molecule has 1 aromatic heterocycles. The predicted octanol–water partition coefficient (Wildman–Crippen LogP) is 0.949. The molecule has 1 aliphatic carbocycles. The lowest BCUT2D eigenvalue weighted by molar-refractivity contribution is 1.06. The molecular formula is C9H11N3. The molecule has 3 nitrogen and oxygen atoms in total. The minimum Gasteiger partial charge on any atom is -0.383 e. The summed E-state index contributed by atoms with van der Waals surface area (Å²) in [4.78, 5) is 8.29. The van der Waals surface area contributed by atoms with Crippen LogP contribution in [0.4, 0.5) is 0 Å². The molecule has 2 rings (SSSR count). The van der Waals surface area contributed by atoms with Gasteiger partial charge in [0.05, 0.1) is 6.04 Å². The van der Waals surface area contributed by atoms with Crippen molar-refractivity contribution >= 4 is 5.84 Å². The van der Waals surface area contributed by atoms with Crippen molar-refractivity contribution < 1.29 is 0 Å². The molecule has 12 heavy (non-hydrogen) atoms. The summed E-state index contributed by atoms with van der Waals surface area (Å²) in [6.07, 6.45) is 5.83. The monoisotopic (exact) mass is 161 g/mol. The second-order valence-electron chi connectivity index (χ2n) is 2.99. The fourth-order valence-electron chi connectivity index (χ4n) is 0.989. The molecule has 1 aromatic rings. The topological polar surface area (TPSA) is 51.3 Å². The SMILES string of the molecule is NC(=NC1CC1)c1cccnc1. The standard InChI is InChI=1S/C9H11N3/c10-9(12-8-3-4-8)7-2-1-5-11-6-7/h1-2,5-6,8H,3-4H2,(H2,10,12). The van der Waals surface area contributed by atoms with Crippen molar-refractivity contribution in [2.24, 2.45) is 10.7 Å². The van der Waals surface area contributed by atoms with Crippen LogP contribution in [0.15, 0.2) is 29.5 Å². The van der Waals surface area contributed by atoms with Crippen LogP contribution in [0.25, 0.3) is 0 Å². The summed E-state index contributed by atoms with van der Waals surface area (Å²) in [5.41, 5.74) is 6.67. The maximum Gasteiger partial charge on any atom is 0.127 e. The van der Waals surface area contributed by atoms with Crippen molar-refractivity contribution in [1.82, 2.24) is 4.98 Å². The molecular weight excluding hydrogens is 150 g/mol. The Balaban J connectivity index is 2.18. The van der Waals surface area contributed by atoms with Crippen LogP contribution in [0.1, 0.15) is 18.4 Å². The molecule has 1 saturated carbocycles. The Morgan fingerprint density at radius 1 is 1.58 bits per heavy atom. The van der Waals surface area contributed by atoms with Gasteiger partial charge in [0.2, 0.25) is 0 Å². The number of pyridine rings is 1. The molecule has 0 unspecified atom stereocenters. The van der Waals surface area contributed by atoms with Gasteiger partial charge in [-0.15, -0.1) is 0 Å². The highest BCUT2D eigenvalue weighted by Gasteiger charge is 2.20. The van der Waals surface area contributed by atoms with E-state index in [1.165, 1.54) is 12.8 Å². The van der Waals surface area contributed by atoms with Crippen molar-refractivity contribution in [1.29, 1.82) is 0 Å². The van der Waals surface area contributed by atoms with Gasteiger partial charge >= 0.3 is 0 Å². The largest absolute Gasteiger partial charge is 0.383 e. The summed E-state index contributed by atoms with van der Waals surface area (Å²) < 4.78 is 0. The smallest absolute Gasteiger partial charge is 0.127 e. The van der Waals surface area contributed by atoms with Gasteiger partial charge in [-0.05, 0) is 25.0 Å². The Kier molecular flexibility index (Phi) is 1.78. The fourth-order valence-corrected chi connectivity index (χ4v) is 0.989. The molecule has 0 atom stereocenters. The summed E-state index contributed by atoms with van der Waals surface area (Å²) in [5, 5.41) is 0. The summed E-state index contributed by atoms with van der Waals surface area (Å²) in [7, 11) is 0. The van der Waals surface area contributed by atoms with Gasteiger partial charge in [-0.1, -0.05) is 0 Å². The molecule has 3 heteroatoms. The Morgan fingerprint density at radius 2 is 2.42 bits per heavy atom. The van der Waals surface area contributed by atoms with Crippen molar-refractivity contribution in [2.75, 3.05) is 0 Å². The third kappa shape index (κ3) is 1.61. The zero-order valence-electron chi connectivity index (χ0n) is 6.77. The Morgan fingerprint density at radius 3 is 3.00 bits per heavy atom. The minimum absolute atomic E-state index is 0.477. The average Bonchev–Trinajstić information content (AvgIpc) is 2.90. The first-order chi connectivity index (χ1) is 5.86. The van der Waals surface area contributed by atoms with E-state index >= 15 is 0 Å². The third-order valence-electron chi connectivity index (χ3n) is 1.83. The maximum absolute atomic E-state index is 5.75. The van der Waals surface area contributed by atoms with Gasteiger partial charge in [-0.3, -0.25) is 9.98 Å². The second-order valence-corrected chi connectivity index (χ2v) is 2.99. The van der Waals surface area contributed by atoms with Crippen molar-refractivity contribution in [2.45, 2.75) is 18.9 Å². The van der Waals surface area contributed by atoms with Gasteiger partial charge in [0.15, 0.2) is 0 Å². The lowest BCUT2D eigenvalue weighted by Gasteiger charge is -1.97. The van der Waals surface area contributed by atoms with Crippen LogP contribution < -0.4 is 5.73 Å². The molecule has 0 bridgehead atoms. The Labute approximate surface area is 71.3 Å². The van der Waals surface area contributed by atoms with E-state index in [0.717, 1.165) is 5.56 Å². The van der Waals surface area contributed by atoms with E-state index in [2.05, 4.69) is 9.98 Å². The zero-order valence-corrected chi connectivity index (χ0v) is 6.77. The number of amidine groups is 1. The fraction of sp³-hybridized carbons (Fsp3) is 0.333. The van der Waals surface area contributed by atoms with Gasteiger partial charge < -0.3 is 5.73 Å². The number of rotatable bonds is 2. The lowest BCUT2D eigenvalue weighted by atomic mass is 10.3. The Hall–Kier alpha value is -1.38. The summed E-state index contributed by atoms with van der Waals surface area (Å²) in [6, 6.07) is 4.27. The highest BCUT2D eigenvalue weighted by atomic mass is 14.9. The first-order valence-electron chi connectivity index (χ1n) is 4.10. The van der Waals surface area contributed by atoms with E-state index in [1.54, 1.807) is 12.4 Å². The molecule has 0 radical (unpaired) electrons. The van der Waals surface area contributed by atoms with E-state index in [-0.39, 0.29) is 0 Å². The van der Waals surface area contributed by atoms with Crippen molar-refractivity contribution in [3.63, 3.8) is 0 Å². The molecule has 0 saturated heterocycles. The number of aromatic nitrogens is 1. The van der Waals surface area contributed by atoms with Gasteiger partial charge in [-0.2, -0.15) is 0 Å². The molecule has 1 heterocycles. The number of nitrogens with zero attached hydrogens (tertiary/aromatic N) is 2. The van der Waals surface area contributed by atoms with E-state index in [0.29, 0.717) is 11.9 Å². The summed E-state index contributed by atoms with van der Waals surface area (Å²) in [5.74, 6) is 0.616. The van der Waals surface area contributed by atoms with E-state index in [1.807, 2.05) is 12.1 Å². The second kappa shape index (κ2) is 2.93. The molecule has 0 spiro atoms. The van der Waals surface area contributed by atoms with Crippen molar-refractivity contribution in [3.8, 4) is 0 Å². The normalized spacial score (nSPS) is 17.8. The molecule has 0 aliphatic heterocycles. The van der Waals surface area contributed by atoms with Crippen LogP contribution in [0.2, 0.25) is 0 Å². The minimum atomic E-state index is 0.477. The third-order valence-corrected chi connectivity index (χ3v) is 1.83. The maximum atomic E-state index is 5.75. The Bertz CT molecular complexity index is 288. The van der Waals surface area contributed by atoms with Gasteiger partial charge in [0.25, 0.3) is 0 Å². The summed E-state index contributed by atoms with van der Waals surface area (Å²) in [6.45, 7) is 0. The quantitative estimate of drug-likeness (QED) is 0.518. The first kappa shape index (κ1) is 7.28. The molecule has 1 fully saturated rings. The number of aliphatic imine (C=N–C) groups is 1. The number of hydrogen-bond acceptors (Lipinski definition) is 2. The average molecular weight is 161 g/mol. The van der Waals surface area contributed by atoms with E-state index in [4.69, 9.17) is 5.73 Å². The molecule has 0 amide bonds. The molecule has 1 aliphatic rings. The summed E-state index contributed by atoms with van der Waals surface area (Å²) >= 11 is 0. The van der Waals surface area contributed by atoms with Crippen LogP contribution in [0, 0.1) is 0 Å². The lowest BCUT2D eigenvalue weighted by Crippen LogP contribution is -2.14. The molecule has 0 aromatic carbocycles. The van der Waals surface area contributed by atoms with Crippen LogP contribution in [-0.2, 0) is 0 Å². The zero-order chi connectivity index (χ0) is 8.39. The first-order valence-corrected chi connectivity index (χ1v) is 4.10. The van der Waals surface area contributed by atoms with E-state index in [9.17, 15) is 0 Å². The van der Waals surface area contributed by atoms with Gasteiger partial charge in [0.1, 0.15) is 5.84 Å². The van der Waals surface area contributed by atoms with Crippen LogP contribution in [0.3, 0.4) is 0 Å². The van der Waals surface area contributed by atoms with Gasteiger partial charge in [-0.25, -0.2) is 0 Å².